The third kappa shape index (κ3) is 9.04. The Kier molecular flexibility index (Phi) is 12.2. The van der Waals surface area contributed by atoms with Crippen molar-refractivity contribution in [2.45, 2.75) is 72.4 Å². The van der Waals surface area contributed by atoms with Crippen molar-refractivity contribution in [2.24, 2.45) is 0 Å². The predicted molar refractivity (Wildman–Crippen MR) is 109 cm³/mol. The largest absolute Gasteiger partial charge is 0.499 e. The molecule has 0 saturated heterocycles. The van der Waals surface area contributed by atoms with Crippen LogP contribution in [-0.2, 0) is 36.1 Å². The number of pyridine rings is 1. The zero-order valence-corrected chi connectivity index (χ0v) is 20.9. The van der Waals surface area contributed by atoms with Crippen molar-refractivity contribution in [3.05, 3.63) is 30.6 Å². The number of nitrogens with zero attached hydrogens (tertiary/aromatic N) is 1. The molecule has 0 bridgehead atoms. The maximum atomic E-state index is 12.1. The molecule has 7 nitrogen and oxygen atoms in total. The number of hydrogen-bond acceptors (Lipinski definition) is 6. The number of aryl methyl sites for hydroxylation is 1. The number of rotatable bonds is 10. The number of alkyl halides is 9. The Balaban J connectivity index is 0.000000748. The molecular weight excluding hydrogens is 581 g/mol. The molecule has 0 aliphatic carbocycles. The lowest BCUT2D eigenvalue weighted by molar-refractivity contribution is -0.697. The molecule has 0 aliphatic rings. The second-order valence-electron chi connectivity index (χ2n) is 7.14. The van der Waals surface area contributed by atoms with Crippen LogP contribution in [0.3, 0.4) is 0 Å². The molecule has 1 heterocycles. The molecule has 212 valence electrons. The Morgan fingerprint density at radius 3 is 1.25 bits per heavy atom. The molecule has 0 radical (unpaired) electrons. The molecule has 36 heavy (non-hydrogen) atoms. The molecule has 0 aliphatic heterocycles. The number of sulfone groups is 3. The molecule has 1 rings (SSSR count). The summed E-state index contributed by atoms with van der Waals surface area (Å²) in [5.41, 5.74) is -21.1. The van der Waals surface area contributed by atoms with E-state index in [-0.39, 0.29) is 0 Å². The third-order valence-corrected chi connectivity index (χ3v) is 12.3. The normalized spacial score (nSPS) is 13.9. The molecule has 1 aromatic heterocycles. The van der Waals surface area contributed by atoms with Crippen LogP contribution in [0.4, 0.5) is 39.5 Å². The lowest BCUT2D eigenvalue weighted by atomic mass is 10.1. The molecule has 0 aromatic carbocycles. The number of halogens is 9. The summed E-state index contributed by atoms with van der Waals surface area (Å²) in [6.45, 7) is 3.44. The van der Waals surface area contributed by atoms with Crippen molar-refractivity contribution < 1.29 is 69.3 Å². The number of unbranched alkanes of at least 4 members (excludes halogenated alkanes) is 5. The summed E-state index contributed by atoms with van der Waals surface area (Å²) >= 11 is 0. The summed E-state index contributed by atoms with van der Waals surface area (Å²) in [6, 6.07) is 6.26. The highest BCUT2D eigenvalue weighted by molar-refractivity contribution is 8.24. The standard InChI is InChI=1S/C13H22N.C4HF9O6S3/c1-2-3-4-5-6-8-11-14-12-9-7-10-13-14;5-2(6,7)20(14,15)1(21(16,17)3(8,9)10)22(18,19)4(11,12)13/h7,9-10,12-13H,2-6,8,11H2,1H3;1H/q+1;. The van der Waals surface area contributed by atoms with Crippen molar-refractivity contribution >= 4 is 29.5 Å². The molecule has 0 atom stereocenters. The first-order valence-corrected chi connectivity index (χ1v) is 14.5. The zero-order chi connectivity index (χ0) is 28.6. The molecule has 0 fully saturated rings. The minimum absolute atomic E-state index is 1.17. The molecule has 0 saturated carbocycles. The summed E-state index contributed by atoms with van der Waals surface area (Å²) in [4.78, 5) is 0. The van der Waals surface area contributed by atoms with E-state index in [1.165, 1.54) is 45.1 Å². The Bertz CT molecular complexity index is 1020. The molecule has 0 amide bonds. The van der Waals surface area contributed by atoms with E-state index < -0.39 is 50.0 Å². The van der Waals surface area contributed by atoms with Gasteiger partial charge in [-0.3, -0.25) is 0 Å². The van der Waals surface area contributed by atoms with Crippen LogP contribution in [0.15, 0.2) is 30.6 Å². The Morgan fingerprint density at radius 1 is 0.583 bits per heavy atom. The second kappa shape index (κ2) is 12.7. The van der Waals surface area contributed by atoms with Crippen LogP contribution >= 0.6 is 0 Å². The Morgan fingerprint density at radius 2 is 0.917 bits per heavy atom. The molecule has 19 heteroatoms. The van der Waals surface area contributed by atoms with Crippen LogP contribution < -0.4 is 4.57 Å². The zero-order valence-electron chi connectivity index (χ0n) is 18.4. The van der Waals surface area contributed by atoms with Crippen molar-refractivity contribution in [3.63, 3.8) is 0 Å². The first-order valence-electron chi connectivity index (χ1n) is 9.89. The predicted octanol–water partition coefficient (Wildman–Crippen LogP) is 4.41. The minimum Gasteiger partial charge on any atom is -0.217 e. The van der Waals surface area contributed by atoms with Crippen LogP contribution in [0.1, 0.15) is 45.4 Å². The van der Waals surface area contributed by atoms with Gasteiger partial charge in [0.25, 0.3) is 33.4 Å². The van der Waals surface area contributed by atoms with Crippen LogP contribution in [0.2, 0.25) is 0 Å². The van der Waals surface area contributed by atoms with Gasteiger partial charge in [0.15, 0.2) is 12.4 Å². The maximum Gasteiger partial charge on any atom is 0.499 e. The van der Waals surface area contributed by atoms with Crippen molar-refractivity contribution in [1.29, 1.82) is 0 Å². The smallest absolute Gasteiger partial charge is 0.217 e. The van der Waals surface area contributed by atoms with Crippen LogP contribution in [0, 0.1) is 0 Å². The van der Waals surface area contributed by atoms with Crippen LogP contribution in [0.25, 0.3) is 0 Å². The summed E-state index contributed by atoms with van der Waals surface area (Å²) < 4.78 is 169. The highest BCUT2D eigenvalue weighted by Gasteiger charge is 2.73. The molecule has 0 unspecified atom stereocenters. The van der Waals surface area contributed by atoms with Gasteiger partial charge < -0.3 is 0 Å². The van der Waals surface area contributed by atoms with Gasteiger partial charge in [-0.2, -0.15) is 39.5 Å². The van der Waals surface area contributed by atoms with E-state index >= 15 is 0 Å². The highest BCUT2D eigenvalue weighted by atomic mass is 32.3. The van der Waals surface area contributed by atoms with Gasteiger partial charge in [-0.25, -0.2) is 29.8 Å². The molecular formula is C17H23F9NO6S3+. The van der Waals surface area contributed by atoms with Gasteiger partial charge in [-0.1, -0.05) is 38.7 Å². The lowest BCUT2D eigenvalue weighted by Crippen LogP contribution is -2.52. The van der Waals surface area contributed by atoms with Gasteiger partial charge in [0.2, 0.25) is 0 Å². The summed E-state index contributed by atoms with van der Waals surface area (Å²) in [5, 5.41) is 0. The quantitative estimate of drug-likeness (QED) is 0.223. The lowest BCUT2D eigenvalue weighted by Gasteiger charge is -2.21. The van der Waals surface area contributed by atoms with Gasteiger partial charge in [0.1, 0.15) is 6.54 Å². The van der Waals surface area contributed by atoms with E-state index in [1.54, 1.807) is 0 Å². The molecule has 1 aromatic rings. The summed E-state index contributed by atoms with van der Waals surface area (Å²) in [7, 11) is -23.8. The van der Waals surface area contributed by atoms with Gasteiger partial charge in [-0.15, -0.1) is 0 Å². The third-order valence-electron chi connectivity index (χ3n) is 4.28. The van der Waals surface area contributed by atoms with E-state index in [0.717, 1.165) is 0 Å². The SMILES string of the molecule is CCCCCCCC[n+]1ccccc1.O=S(=O)(C(S(=O)(=O)C(F)(F)F)S(=O)(=O)C(F)(F)F)C(F)(F)F. The number of hydrogen-bond donors (Lipinski definition) is 0. The van der Waals surface area contributed by atoms with E-state index in [2.05, 4.69) is 42.1 Å². The first kappa shape index (κ1) is 34.4. The Hall–Kier alpha value is -1.63. The van der Waals surface area contributed by atoms with Crippen molar-refractivity contribution in [2.75, 3.05) is 0 Å². The molecule has 0 spiro atoms. The van der Waals surface area contributed by atoms with Gasteiger partial charge in [0.05, 0.1) is 0 Å². The van der Waals surface area contributed by atoms with Gasteiger partial charge in [-0.05, 0) is 6.42 Å². The fourth-order valence-electron chi connectivity index (χ4n) is 2.49. The summed E-state index contributed by atoms with van der Waals surface area (Å²) in [6.07, 6.45) is 12.5. The monoisotopic (exact) mass is 604 g/mol. The van der Waals surface area contributed by atoms with E-state index in [1.807, 2.05) is 0 Å². The van der Waals surface area contributed by atoms with Crippen LogP contribution in [-0.4, -0.2) is 45.7 Å². The fourth-order valence-corrected chi connectivity index (χ4v) is 9.11. The van der Waals surface area contributed by atoms with E-state index in [9.17, 15) is 64.8 Å². The minimum atomic E-state index is -7.94. The highest BCUT2D eigenvalue weighted by Crippen LogP contribution is 2.43. The second-order valence-corrected chi connectivity index (χ2v) is 14.1. The average molecular weight is 605 g/mol. The van der Waals surface area contributed by atoms with Gasteiger partial charge >= 0.3 is 16.5 Å². The first-order chi connectivity index (χ1) is 16.0. The average Bonchev–Trinajstić information content (AvgIpc) is 2.68. The van der Waals surface area contributed by atoms with Gasteiger partial charge in [0, 0.05) is 18.6 Å². The van der Waals surface area contributed by atoms with E-state index in [4.69, 9.17) is 0 Å². The van der Waals surface area contributed by atoms with E-state index in [0.29, 0.717) is 0 Å². The Labute approximate surface area is 202 Å². The number of aromatic nitrogens is 1. The fraction of sp³-hybridized carbons (Fsp3) is 0.706. The van der Waals surface area contributed by atoms with Crippen molar-refractivity contribution in [1.82, 2.24) is 0 Å². The molecule has 0 N–H and O–H groups in total. The maximum absolute atomic E-state index is 12.1. The summed E-state index contributed by atoms with van der Waals surface area (Å²) in [5.74, 6) is 0. The van der Waals surface area contributed by atoms with Crippen LogP contribution in [0.5, 0.6) is 0 Å². The van der Waals surface area contributed by atoms with Crippen molar-refractivity contribution in [3.8, 4) is 0 Å². The topological polar surface area (TPSA) is 106 Å².